The molecule has 2 aromatic rings. The van der Waals surface area contributed by atoms with E-state index in [2.05, 4.69) is 5.32 Å². The Hall–Kier alpha value is -2.87. The molecule has 0 unspecified atom stereocenters. The number of benzene rings is 2. The third-order valence-electron chi connectivity index (χ3n) is 2.89. The predicted octanol–water partition coefficient (Wildman–Crippen LogP) is 4.01. The summed E-state index contributed by atoms with van der Waals surface area (Å²) in [5.74, 6) is 0.396. The number of rotatable bonds is 2. The fraction of sp³-hybridized carbons (Fsp3) is 0. The van der Waals surface area contributed by atoms with Gasteiger partial charge in [0.15, 0.2) is 17.2 Å². The van der Waals surface area contributed by atoms with Crippen molar-refractivity contribution in [2.75, 3.05) is 5.32 Å². The molecule has 9 heteroatoms. The van der Waals surface area contributed by atoms with Crippen molar-refractivity contribution >= 4 is 34.4 Å². The van der Waals surface area contributed by atoms with Gasteiger partial charge >= 0.3 is 5.69 Å². The minimum Gasteiger partial charge on any atom is -0.452 e. The fourth-order valence-corrected chi connectivity index (χ4v) is 2.16. The highest BCUT2D eigenvalue weighted by Crippen LogP contribution is 2.48. The summed E-state index contributed by atoms with van der Waals surface area (Å²) >= 11 is 5.85. The van der Waals surface area contributed by atoms with Crippen molar-refractivity contribution in [2.45, 2.75) is 0 Å². The van der Waals surface area contributed by atoms with Gasteiger partial charge in [0.2, 0.25) is 0 Å². The van der Waals surface area contributed by atoms with Crippen LogP contribution in [-0.2, 0) is 0 Å². The van der Waals surface area contributed by atoms with Gasteiger partial charge in [0.05, 0.1) is 27.7 Å². The minimum absolute atomic E-state index is 0.0192. The predicted molar refractivity (Wildman–Crippen MR) is 74.6 cm³/mol. The first-order chi connectivity index (χ1) is 9.95. The highest BCUT2D eigenvalue weighted by Gasteiger charge is 2.29. The molecule has 0 saturated carbocycles. The molecule has 0 radical (unpaired) electrons. The Labute approximate surface area is 122 Å². The van der Waals surface area contributed by atoms with Crippen molar-refractivity contribution in [1.29, 1.82) is 0 Å². The van der Waals surface area contributed by atoms with E-state index in [1.165, 1.54) is 0 Å². The Bertz CT molecular complexity index is 793. The maximum Gasteiger partial charge on any atom is 0.303 e. The van der Waals surface area contributed by atoms with Crippen LogP contribution in [0.25, 0.3) is 0 Å². The molecule has 1 N–H and O–H groups in total. The van der Waals surface area contributed by atoms with E-state index in [1.807, 2.05) is 0 Å². The molecule has 1 aliphatic rings. The van der Waals surface area contributed by atoms with Crippen LogP contribution in [0.5, 0.6) is 11.5 Å². The monoisotopic (exact) mass is 307 g/mol. The van der Waals surface area contributed by atoms with E-state index < -0.39 is 21.2 Å². The summed E-state index contributed by atoms with van der Waals surface area (Å²) in [5.41, 5.74) is -0.350. The maximum absolute atomic E-state index is 11.1. The van der Waals surface area contributed by atoms with Crippen molar-refractivity contribution < 1.29 is 14.6 Å². The molecule has 0 spiro atoms. The number of hydrogen-bond donors (Lipinski definition) is 1. The third-order valence-corrected chi connectivity index (χ3v) is 3.13. The third kappa shape index (κ3) is 2.21. The number of nitro benzene ring substituents is 2. The Kier molecular flexibility index (Phi) is 2.88. The van der Waals surface area contributed by atoms with Crippen LogP contribution < -0.4 is 10.1 Å². The number of nitrogens with one attached hydrogen (secondary N) is 1. The first-order valence-corrected chi connectivity index (χ1v) is 6.05. The zero-order valence-corrected chi connectivity index (χ0v) is 11.0. The van der Waals surface area contributed by atoms with Gasteiger partial charge in [-0.25, -0.2) is 0 Å². The zero-order chi connectivity index (χ0) is 15.1. The highest BCUT2D eigenvalue weighted by molar-refractivity contribution is 6.31. The van der Waals surface area contributed by atoms with Crippen LogP contribution in [0.3, 0.4) is 0 Å². The zero-order valence-electron chi connectivity index (χ0n) is 10.2. The number of non-ortho nitro benzene ring substituents is 1. The Morgan fingerprint density at radius 1 is 1.05 bits per heavy atom. The lowest BCUT2D eigenvalue weighted by atomic mass is 10.1. The average molecular weight is 308 g/mol. The van der Waals surface area contributed by atoms with E-state index in [0.717, 1.165) is 12.1 Å². The van der Waals surface area contributed by atoms with Gasteiger partial charge in [-0.2, -0.15) is 0 Å². The molecule has 1 aliphatic heterocycles. The van der Waals surface area contributed by atoms with Gasteiger partial charge in [0.1, 0.15) is 0 Å². The van der Waals surface area contributed by atoms with E-state index in [0.29, 0.717) is 16.5 Å². The standard InChI is InChI=1S/C12H6ClN3O5/c13-6-1-2-10-8(3-6)14-12-9(16(19)20)4-7(15(17)18)5-11(12)21-10/h1-5,14H. The van der Waals surface area contributed by atoms with Gasteiger partial charge in [-0.1, -0.05) is 11.6 Å². The summed E-state index contributed by atoms with van der Waals surface area (Å²) in [4.78, 5) is 20.5. The van der Waals surface area contributed by atoms with E-state index in [-0.39, 0.29) is 11.4 Å². The topological polar surface area (TPSA) is 108 Å². The molecule has 2 aromatic carbocycles. The van der Waals surface area contributed by atoms with E-state index in [9.17, 15) is 20.2 Å². The van der Waals surface area contributed by atoms with Gasteiger partial charge in [-0.05, 0) is 18.2 Å². The van der Waals surface area contributed by atoms with Crippen LogP contribution in [0.15, 0.2) is 30.3 Å². The quantitative estimate of drug-likeness (QED) is 0.566. The lowest BCUT2D eigenvalue weighted by Crippen LogP contribution is -2.06. The van der Waals surface area contributed by atoms with Gasteiger partial charge in [0.25, 0.3) is 5.69 Å². The van der Waals surface area contributed by atoms with E-state index in [1.54, 1.807) is 18.2 Å². The lowest BCUT2D eigenvalue weighted by molar-refractivity contribution is -0.393. The molecule has 0 bridgehead atoms. The molecular formula is C12H6ClN3O5. The summed E-state index contributed by atoms with van der Waals surface area (Å²) in [5, 5.41) is 25.2. The average Bonchev–Trinajstić information content (AvgIpc) is 2.43. The molecule has 0 aromatic heterocycles. The van der Waals surface area contributed by atoms with Crippen LogP contribution in [0.1, 0.15) is 0 Å². The minimum atomic E-state index is -0.714. The molecule has 3 rings (SSSR count). The van der Waals surface area contributed by atoms with Crippen molar-refractivity contribution in [3.05, 3.63) is 55.6 Å². The summed E-state index contributed by atoms with van der Waals surface area (Å²) in [6.45, 7) is 0. The van der Waals surface area contributed by atoms with Crippen LogP contribution in [0, 0.1) is 20.2 Å². The Balaban J connectivity index is 2.18. The molecule has 0 aliphatic carbocycles. The lowest BCUT2D eigenvalue weighted by Gasteiger charge is -2.21. The smallest absolute Gasteiger partial charge is 0.303 e. The van der Waals surface area contributed by atoms with Crippen molar-refractivity contribution in [3.8, 4) is 11.5 Å². The normalized spacial score (nSPS) is 11.7. The SMILES string of the molecule is O=[N+]([O-])c1cc2c(c([N+](=O)[O-])c1)Nc1cc(Cl)ccc1O2. The van der Waals surface area contributed by atoms with Gasteiger partial charge in [-0.3, -0.25) is 20.2 Å². The molecule has 8 nitrogen and oxygen atoms in total. The number of ether oxygens (including phenoxy) is 1. The fourth-order valence-electron chi connectivity index (χ4n) is 1.98. The van der Waals surface area contributed by atoms with Crippen LogP contribution >= 0.6 is 11.6 Å². The second-order valence-corrected chi connectivity index (χ2v) is 4.66. The highest BCUT2D eigenvalue weighted by atomic mass is 35.5. The molecule has 1 heterocycles. The number of hydrogen-bond acceptors (Lipinski definition) is 6. The molecule has 0 atom stereocenters. The van der Waals surface area contributed by atoms with E-state index in [4.69, 9.17) is 16.3 Å². The van der Waals surface area contributed by atoms with Crippen molar-refractivity contribution in [1.82, 2.24) is 0 Å². The number of anilines is 2. The molecule has 106 valence electrons. The number of fused-ring (bicyclic) bond motifs is 2. The van der Waals surface area contributed by atoms with E-state index >= 15 is 0 Å². The van der Waals surface area contributed by atoms with Gasteiger partial charge in [-0.15, -0.1) is 0 Å². The largest absolute Gasteiger partial charge is 0.452 e. The maximum atomic E-state index is 11.1. The molecule has 21 heavy (non-hydrogen) atoms. The molecule has 0 fully saturated rings. The number of nitrogens with zero attached hydrogens (tertiary/aromatic N) is 2. The summed E-state index contributed by atoms with van der Waals surface area (Å²) in [7, 11) is 0. The summed E-state index contributed by atoms with van der Waals surface area (Å²) < 4.78 is 5.48. The van der Waals surface area contributed by atoms with Crippen LogP contribution in [-0.4, -0.2) is 9.85 Å². The second-order valence-electron chi connectivity index (χ2n) is 4.22. The first-order valence-electron chi connectivity index (χ1n) is 5.67. The second kappa shape index (κ2) is 4.60. The Morgan fingerprint density at radius 3 is 2.48 bits per heavy atom. The van der Waals surface area contributed by atoms with Crippen LogP contribution in [0.4, 0.5) is 22.7 Å². The number of halogens is 1. The molecule has 0 amide bonds. The van der Waals surface area contributed by atoms with Gasteiger partial charge < -0.3 is 10.1 Å². The summed E-state index contributed by atoms with van der Waals surface area (Å²) in [6.07, 6.45) is 0. The molecule has 0 saturated heterocycles. The van der Waals surface area contributed by atoms with Crippen molar-refractivity contribution in [3.63, 3.8) is 0 Å². The van der Waals surface area contributed by atoms with Gasteiger partial charge in [0, 0.05) is 5.02 Å². The first kappa shape index (κ1) is 13.1. The molecular weight excluding hydrogens is 302 g/mol. The number of nitro groups is 2. The van der Waals surface area contributed by atoms with Crippen molar-refractivity contribution in [2.24, 2.45) is 0 Å². The Morgan fingerprint density at radius 2 is 1.81 bits per heavy atom. The summed E-state index contributed by atoms with van der Waals surface area (Å²) in [6, 6.07) is 6.71. The van der Waals surface area contributed by atoms with Crippen LogP contribution in [0.2, 0.25) is 5.02 Å².